The normalized spacial score (nSPS) is 17.5. The molecule has 1 atom stereocenters. The van der Waals surface area contributed by atoms with Crippen LogP contribution >= 0.6 is 0 Å². The largest absolute Gasteiger partial charge is 0.373 e. The Morgan fingerprint density at radius 2 is 1.75 bits per heavy atom. The molecule has 1 aliphatic rings. The molecule has 24 heavy (non-hydrogen) atoms. The fourth-order valence-electron chi connectivity index (χ4n) is 3.05. The van der Waals surface area contributed by atoms with E-state index in [4.69, 9.17) is 0 Å². The van der Waals surface area contributed by atoms with Crippen LogP contribution in [0.15, 0.2) is 36.4 Å². The van der Waals surface area contributed by atoms with Gasteiger partial charge in [-0.3, -0.25) is 9.59 Å². The third-order valence-corrected chi connectivity index (χ3v) is 4.69. The molecular formula is C20H22N2O2. The summed E-state index contributed by atoms with van der Waals surface area (Å²) in [5.74, 6) is -0.342. The molecular weight excluding hydrogens is 300 g/mol. The number of benzene rings is 2. The first kappa shape index (κ1) is 16.2. The number of nitrogens with one attached hydrogen (secondary N) is 1. The Morgan fingerprint density at radius 3 is 2.50 bits per heavy atom. The molecule has 3 rings (SSSR count). The van der Waals surface area contributed by atoms with Gasteiger partial charge in [-0.05, 0) is 62.1 Å². The molecule has 1 heterocycles. The van der Waals surface area contributed by atoms with Crippen LogP contribution in [0, 0.1) is 27.7 Å². The fourth-order valence-corrected chi connectivity index (χ4v) is 3.05. The smallest absolute Gasteiger partial charge is 0.256 e. The summed E-state index contributed by atoms with van der Waals surface area (Å²) in [6.07, 6.45) is 0.180. The Bertz CT molecular complexity index is 826. The zero-order chi connectivity index (χ0) is 17.4. The van der Waals surface area contributed by atoms with Gasteiger partial charge in [0, 0.05) is 5.69 Å². The lowest BCUT2D eigenvalue weighted by atomic mass is 10.1. The lowest BCUT2D eigenvalue weighted by Crippen LogP contribution is -2.35. The predicted octanol–water partition coefficient (Wildman–Crippen LogP) is 3.66. The summed E-state index contributed by atoms with van der Waals surface area (Å²) in [7, 11) is 0. The summed E-state index contributed by atoms with van der Waals surface area (Å²) in [5, 5.41) is 3.25. The molecule has 2 amide bonds. The van der Waals surface area contributed by atoms with E-state index in [1.165, 1.54) is 4.90 Å². The number of carbonyl (C=O) groups excluding carboxylic acids is 2. The number of hydrogen-bond acceptors (Lipinski definition) is 3. The standard InChI is InChI=1S/C20H22N2O2/c1-12-8-9-14(3)16(10-12)21-17-11-19(23)22(20(17)24)18-7-5-6-13(2)15(18)4/h5-10,17,21H,11H2,1-4H3. The first-order chi connectivity index (χ1) is 11.4. The zero-order valence-corrected chi connectivity index (χ0v) is 14.5. The lowest BCUT2D eigenvalue weighted by Gasteiger charge is -2.19. The molecule has 2 aromatic carbocycles. The van der Waals surface area contributed by atoms with E-state index in [2.05, 4.69) is 5.32 Å². The Morgan fingerprint density at radius 1 is 1.00 bits per heavy atom. The molecule has 0 radical (unpaired) electrons. The third kappa shape index (κ3) is 2.80. The summed E-state index contributed by atoms with van der Waals surface area (Å²) < 4.78 is 0. The number of hydrogen-bond donors (Lipinski definition) is 1. The molecule has 4 heteroatoms. The Balaban J connectivity index is 1.89. The van der Waals surface area contributed by atoms with Crippen molar-refractivity contribution in [2.24, 2.45) is 0 Å². The second-order valence-corrected chi connectivity index (χ2v) is 6.51. The van der Waals surface area contributed by atoms with E-state index in [1.807, 2.05) is 64.1 Å². The van der Waals surface area contributed by atoms with Crippen LogP contribution in [0.2, 0.25) is 0 Å². The van der Waals surface area contributed by atoms with Crippen molar-refractivity contribution in [2.45, 2.75) is 40.2 Å². The van der Waals surface area contributed by atoms with E-state index in [-0.39, 0.29) is 18.2 Å². The maximum atomic E-state index is 12.8. The molecule has 0 aliphatic carbocycles. The number of anilines is 2. The van der Waals surface area contributed by atoms with Crippen LogP contribution in [0.1, 0.15) is 28.7 Å². The Hall–Kier alpha value is -2.62. The minimum absolute atomic E-state index is 0.156. The molecule has 0 spiro atoms. The van der Waals surface area contributed by atoms with Crippen LogP contribution < -0.4 is 10.2 Å². The van der Waals surface area contributed by atoms with Crippen LogP contribution in [0.3, 0.4) is 0 Å². The minimum atomic E-state index is -0.516. The summed E-state index contributed by atoms with van der Waals surface area (Å²) in [4.78, 5) is 26.6. The van der Waals surface area contributed by atoms with Crippen molar-refractivity contribution >= 4 is 23.2 Å². The van der Waals surface area contributed by atoms with Gasteiger partial charge in [-0.1, -0.05) is 24.3 Å². The van der Waals surface area contributed by atoms with Gasteiger partial charge in [0.1, 0.15) is 6.04 Å². The van der Waals surface area contributed by atoms with Gasteiger partial charge in [0.15, 0.2) is 0 Å². The predicted molar refractivity (Wildman–Crippen MR) is 96.4 cm³/mol. The van der Waals surface area contributed by atoms with E-state index in [1.54, 1.807) is 0 Å². The van der Waals surface area contributed by atoms with Crippen LogP contribution in [0.25, 0.3) is 0 Å². The van der Waals surface area contributed by atoms with Gasteiger partial charge in [-0.2, -0.15) is 0 Å². The Labute approximate surface area is 142 Å². The van der Waals surface area contributed by atoms with Crippen molar-refractivity contribution in [3.8, 4) is 0 Å². The second-order valence-electron chi connectivity index (χ2n) is 6.51. The average molecular weight is 322 g/mol. The van der Waals surface area contributed by atoms with Gasteiger partial charge in [0.05, 0.1) is 12.1 Å². The number of imide groups is 1. The number of rotatable bonds is 3. The van der Waals surface area contributed by atoms with Gasteiger partial charge < -0.3 is 5.32 Å². The summed E-state index contributed by atoms with van der Waals surface area (Å²) >= 11 is 0. The van der Waals surface area contributed by atoms with Crippen molar-refractivity contribution in [2.75, 3.05) is 10.2 Å². The first-order valence-electron chi connectivity index (χ1n) is 8.15. The van der Waals surface area contributed by atoms with Crippen LogP contribution in [0.5, 0.6) is 0 Å². The average Bonchev–Trinajstić information content (AvgIpc) is 2.80. The molecule has 0 aromatic heterocycles. The molecule has 0 saturated carbocycles. The molecule has 2 aromatic rings. The van der Waals surface area contributed by atoms with Gasteiger partial charge in [-0.15, -0.1) is 0 Å². The minimum Gasteiger partial charge on any atom is -0.373 e. The SMILES string of the molecule is Cc1ccc(C)c(NC2CC(=O)N(c3cccc(C)c3C)C2=O)c1. The summed E-state index contributed by atoms with van der Waals surface area (Å²) in [6.45, 7) is 7.92. The van der Waals surface area contributed by atoms with Crippen molar-refractivity contribution in [1.82, 2.24) is 0 Å². The summed E-state index contributed by atoms with van der Waals surface area (Å²) in [5.41, 5.74) is 5.81. The van der Waals surface area contributed by atoms with Gasteiger partial charge in [-0.25, -0.2) is 4.90 Å². The number of aryl methyl sites for hydroxylation is 3. The molecule has 124 valence electrons. The maximum absolute atomic E-state index is 12.8. The van der Waals surface area contributed by atoms with Crippen molar-refractivity contribution in [3.05, 3.63) is 58.7 Å². The third-order valence-electron chi connectivity index (χ3n) is 4.69. The van der Waals surface area contributed by atoms with E-state index in [0.717, 1.165) is 27.9 Å². The molecule has 1 aliphatic heterocycles. The highest BCUT2D eigenvalue weighted by Gasteiger charge is 2.40. The molecule has 0 bridgehead atoms. The number of amides is 2. The van der Waals surface area contributed by atoms with Gasteiger partial charge in [0.25, 0.3) is 5.91 Å². The molecule has 1 saturated heterocycles. The fraction of sp³-hybridized carbons (Fsp3) is 0.300. The molecule has 4 nitrogen and oxygen atoms in total. The van der Waals surface area contributed by atoms with Gasteiger partial charge >= 0.3 is 0 Å². The Kier molecular flexibility index (Phi) is 4.14. The van der Waals surface area contributed by atoms with Crippen molar-refractivity contribution < 1.29 is 9.59 Å². The zero-order valence-electron chi connectivity index (χ0n) is 14.5. The van der Waals surface area contributed by atoms with E-state index < -0.39 is 6.04 Å². The quantitative estimate of drug-likeness (QED) is 0.877. The highest BCUT2D eigenvalue weighted by Crippen LogP contribution is 2.29. The molecule has 1 unspecified atom stereocenters. The molecule has 1 fully saturated rings. The highest BCUT2D eigenvalue weighted by molar-refractivity contribution is 6.23. The highest BCUT2D eigenvalue weighted by atomic mass is 16.2. The van der Waals surface area contributed by atoms with Crippen LogP contribution in [0.4, 0.5) is 11.4 Å². The van der Waals surface area contributed by atoms with E-state index in [9.17, 15) is 9.59 Å². The van der Waals surface area contributed by atoms with Crippen molar-refractivity contribution in [1.29, 1.82) is 0 Å². The second kappa shape index (κ2) is 6.11. The summed E-state index contributed by atoms with van der Waals surface area (Å²) in [6, 6.07) is 11.2. The topological polar surface area (TPSA) is 49.4 Å². The van der Waals surface area contributed by atoms with Crippen LogP contribution in [-0.2, 0) is 9.59 Å². The number of carbonyl (C=O) groups is 2. The monoisotopic (exact) mass is 322 g/mol. The van der Waals surface area contributed by atoms with Crippen LogP contribution in [-0.4, -0.2) is 17.9 Å². The van der Waals surface area contributed by atoms with Crippen molar-refractivity contribution in [3.63, 3.8) is 0 Å². The van der Waals surface area contributed by atoms with Gasteiger partial charge in [0.2, 0.25) is 5.91 Å². The first-order valence-corrected chi connectivity index (χ1v) is 8.15. The van der Waals surface area contributed by atoms with E-state index >= 15 is 0 Å². The van der Waals surface area contributed by atoms with E-state index in [0.29, 0.717) is 5.69 Å². The lowest BCUT2D eigenvalue weighted by molar-refractivity contribution is -0.121. The number of nitrogens with zero attached hydrogens (tertiary/aromatic N) is 1. The molecule has 1 N–H and O–H groups in total. The maximum Gasteiger partial charge on any atom is 0.256 e.